The highest BCUT2D eigenvalue weighted by atomic mass is 32.2. The maximum absolute atomic E-state index is 11.2. The number of ether oxygens (including phenoxy) is 2. The molecule has 8 atom stereocenters. The zero-order valence-corrected chi connectivity index (χ0v) is 53.3. The molecule has 0 saturated carbocycles. The van der Waals surface area contributed by atoms with Crippen LogP contribution < -0.4 is 0 Å². The van der Waals surface area contributed by atoms with Gasteiger partial charge in [0, 0.05) is 65.6 Å². The van der Waals surface area contributed by atoms with Gasteiger partial charge in [-0.2, -0.15) is 47.9 Å². The van der Waals surface area contributed by atoms with Crippen molar-refractivity contribution in [2.45, 2.75) is 300 Å². The van der Waals surface area contributed by atoms with Gasteiger partial charge in [0.05, 0.1) is 38.6 Å². The number of hydrogen-bond donors (Lipinski definition) is 7. The van der Waals surface area contributed by atoms with E-state index in [1.165, 1.54) is 191 Å². The van der Waals surface area contributed by atoms with E-state index in [9.17, 15) is 30.0 Å². The Morgan fingerprint density at radius 3 is 1.18 bits per heavy atom. The number of carbonyl (C=O) groups is 2. The van der Waals surface area contributed by atoms with Crippen molar-refractivity contribution < 1.29 is 49.7 Å². The fourth-order valence-electron chi connectivity index (χ4n) is 8.94. The summed E-state index contributed by atoms with van der Waals surface area (Å²) in [6, 6.07) is 0. The fourth-order valence-corrected chi connectivity index (χ4v) is 12.8. The van der Waals surface area contributed by atoms with Gasteiger partial charge in [-0.05, 0) is 82.1 Å². The van der Waals surface area contributed by atoms with Crippen LogP contribution >= 0.6 is 47.9 Å². The third-order valence-corrected chi connectivity index (χ3v) is 18.9. The summed E-state index contributed by atoms with van der Waals surface area (Å²) in [5.41, 5.74) is 0. The fraction of sp³-hybridized carbons (Fsp3) is 0.935. The van der Waals surface area contributed by atoms with Crippen molar-refractivity contribution in [1.29, 1.82) is 0 Å². The SMILES string of the molecule is C=CCCCC(O)[C@@H](O)[C@H](C)CO.CCCCCCCCCC(CCCCCCCC(=O)OC)SCCS.CCCCCCCCCC(CCCCCCCC(=O)OC)SCCSCCCCCC(O)[C@@H](O)[C@H](C)CO. The van der Waals surface area contributed by atoms with Crippen molar-refractivity contribution >= 4 is 59.9 Å². The molecule has 0 saturated heterocycles. The molecule has 14 heteroatoms. The summed E-state index contributed by atoms with van der Waals surface area (Å²) in [5.74, 6) is 5.09. The Kier molecular flexibility index (Phi) is 67.4. The maximum Gasteiger partial charge on any atom is 0.305 e. The molecule has 0 aromatic rings. The Bertz CT molecular complexity index is 1190. The lowest BCUT2D eigenvalue weighted by molar-refractivity contribution is -0.141. The van der Waals surface area contributed by atoms with E-state index in [4.69, 9.17) is 14.9 Å². The van der Waals surface area contributed by atoms with Crippen LogP contribution in [0, 0.1) is 11.8 Å². The van der Waals surface area contributed by atoms with Gasteiger partial charge in [0.1, 0.15) is 0 Å². The number of thioether (sulfide) groups is 3. The summed E-state index contributed by atoms with van der Waals surface area (Å²) in [7, 11) is 2.93. The second-order valence-electron chi connectivity index (χ2n) is 21.4. The van der Waals surface area contributed by atoms with E-state index in [-0.39, 0.29) is 37.0 Å². The Hall–Kier alpha value is -0.160. The number of esters is 2. The first kappa shape index (κ1) is 80.1. The monoisotopic (exact) mass is 1160 g/mol. The minimum atomic E-state index is -0.827. The van der Waals surface area contributed by atoms with Crippen LogP contribution in [0.2, 0.25) is 0 Å². The normalized spacial score (nSPS) is 14.5. The maximum atomic E-state index is 11.2. The van der Waals surface area contributed by atoms with Crippen molar-refractivity contribution in [3.63, 3.8) is 0 Å². The zero-order valence-electron chi connectivity index (χ0n) is 50.0. The summed E-state index contributed by atoms with van der Waals surface area (Å²) in [5, 5.41) is 58.3. The molecule has 0 aliphatic heterocycles. The van der Waals surface area contributed by atoms with Crippen LogP contribution in [0.25, 0.3) is 0 Å². The minimum Gasteiger partial charge on any atom is -0.469 e. The Labute approximate surface area is 487 Å². The van der Waals surface area contributed by atoms with Gasteiger partial charge in [-0.1, -0.05) is 188 Å². The molecule has 0 rings (SSSR count). The van der Waals surface area contributed by atoms with E-state index in [1.807, 2.05) is 11.8 Å². The number of aliphatic hydroxyl groups is 6. The molecule has 0 fully saturated rings. The molecular formula is C62H124O10S4. The van der Waals surface area contributed by atoms with Gasteiger partial charge in [0.25, 0.3) is 0 Å². The van der Waals surface area contributed by atoms with Crippen molar-refractivity contribution in [2.75, 3.05) is 56.2 Å². The van der Waals surface area contributed by atoms with Gasteiger partial charge in [-0.15, -0.1) is 6.58 Å². The molecule has 76 heavy (non-hydrogen) atoms. The van der Waals surface area contributed by atoms with E-state index in [2.05, 4.69) is 61.3 Å². The van der Waals surface area contributed by atoms with Crippen LogP contribution in [-0.4, -0.2) is 134 Å². The lowest BCUT2D eigenvalue weighted by Crippen LogP contribution is -2.33. The molecule has 0 spiro atoms. The predicted octanol–water partition coefficient (Wildman–Crippen LogP) is 15.5. The molecule has 0 heterocycles. The molecule has 0 aliphatic carbocycles. The molecule has 10 nitrogen and oxygen atoms in total. The number of aliphatic hydroxyl groups excluding tert-OH is 6. The first-order chi connectivity index (χ1) is 36.8. The minimum absolute atomic E-state index is 0.0714. The lowest BCUT2D eigenvalue weighted by atomic mass is 9.97. The largest absolute Gasteiger partial charge is 0.469 e. The summed E-state index contributed by atoms with van der Waals surface area (Å²) < 4.78 is 9.39. The van der Waals surface area contributed by atoms with Gasteiger partial charge >= 0.3 is 11.9 Å². The number of hydrogen-bond acceptors (Lipinski definition) is 14. The van der Waals surface area contributed by atoms with Gasteiger partial charge in [0.2, 0.25) is 0 Å². The predicted molar refractivity (Wildman–Crippen MR) is 337 cm³/mol. The topological polar surface area (TPSA) is 174 Å². The number of allylic oxidation sites excluding steroid dienone is 1. The molecular weight excluding hydrogens is 1030 g/mol. The molecule has 4 unspecified atom stereocenters. The number of methoxy groups -OCH3 is 2. The van der Waals surface area contributed by atoms with Crippen LogP contribution in [-0.2, 0) is 19.1 Å². The van der Waals surface area contributed by atoms with Crippen molar-refractivity contribution in [1.82, 2.24) is 0 Å². The average molecular weight is 1160 g/mol. The first-order valence-electron chi connectivity index (χ1n) is 30.9. The van der Waals surface area contributed by atoms with Crippen LogP contribution in [0.1, 0.15) is 265 Å². The molecule has 0 aromatic heterocycles. The summed E-state index contributed by atoms with van der Waals surface area (Å²) in [4.78, 5) is 22.3. The molecule has 0 amide bonds. The second kappa shape index (κ2) is 64.0. The highest BCUT2D eigenvalue weighted by molar-refractivity contribution is 8.03. The van der Waals surface area contributed by atoms with Crippen molar-refractivity contribution in [3.05, 3.63) is 12.7 Å². The summed E-state index contributed by atoms with van der Waals surface area (Å²) in [6.07, 6.45) is 42.6. The highest BCUT2D eigenvalue weighted by Gasteiger charge is 2.22. The number of thiol groups is 1. The molecule has 456 valence electrons. The van der Waals surface area contributed by atoms with Crippen LogP contribution in [0.5, 0.6) is 0 Å². The van der Waals surface area contributed by atoms with E-state index < -0.39 is 24.4 Å². The smallest absolute Gasteiger partial charge is 0.305 e. The summed E-state index contributed by atoms with van der Waals surface area (Å²) in [6.45, 7) is 11.4. The zero-order chi connectivity index (χ0) is 57.1. The van der Waals surface area contributed by atoms with Gasteiger partial charge in [-0.25, -0.2) is 0 Å². The number of carbonyl (C=O) groups excluding carboxylic acids is 2. The van der Waals surface area contributed by atoms with Crippen LogP contribution in [0.4, 0.5) is 0 Å². The van der Waals surface area contributed by atoms with Crippen LogP contribution in [0.15, 0.2) is 12.7 Å². The molecule has 0 aromatic carbocycles. The van der Waals surface area contributed by atoms with Gasteiger partial charge in [-0.3, -0.25) is 9.59 Å². The second-order valence-corrected chi connectivity index (χ2v) is 25.9. The number of unbranched alkanes of at least 4 members (excludes halogenated alkanes) is 23. The molecule has 0 bridgehead atoms. The average Bonchev–Trinajstić information content (AvgIpc) is 3.43. The van der Waals surface area contributed by atoms with E-state index >= 15 is 0 Å². The van der Waals surface area contributed by atoms with Gasteiger partial charge in [0.15, 0.2) is 0 Å². The van der Waals surface area contributed by atoms with E-state index in [1.54, 1.807) is 19.9 Å². The van der Waals surface area contributed by atoms with Crippen molar-refractivity contribution in [3.8, 4) is 0 Å². The lowest BCUT2D eigenvalue weighted by Gasteiger charge is -2.22. The van der Waals surface area contributed by atoms with Gasteiger partial charge < -0.3 is 40.1 Å². The Morgan fingerprint density at radius 2 is 0.816 bits per heavy atom. The quantitative estimate of drug-likeness (QED) is 0.0133. The van der Waals surface area contributed by atoms with E-state index in [0.29, 0.717) is 25.7 Å². The third kappa shape index (κ3) is 57.1. The first-order valence-corrected chi connectivity index (χ1v) is 34.8. The molecule has 0 aliphatic rings. The Morgan fingerprint density at radius 1 is 0.474 bits per heavy atom. The van der Waals surface area contributed by atoms with E-state index in [0.717, 1.165) is 74.0 Å². The number of rotatable bonds is 55. The standard InChI is InChI=1S/C31H62O5S2.C21H42O2S2.C10H20O3/c1-4-5-6-7-8-10-14-19-28(20-15-11-9-12-17-22-30(34)36-3)38-25-24-37-23-18-13-16-21-29(33)31(35)27(2)26-32;1-3-4-5-6-7-9-12-15-20(25-19-18-24)16-13-10-8-11-14-17-21(22)23-2;1-3-4-5-6-9(12)10(13)8(2)7-11/h27-29,31-33,35H,4-26H2,1-3H3;20,24H,3-19H2,1-2H3;3,8-13H,1,4-7H2,2H3/t27-,28?,29?,31+;;8-,9?,10+/m1.1/s1. The molecule has 6 N–H and O–H groups in total. The highest BCUT2D eigenvalue weighted by Crippen LogP contribution is 2.27. The summed E-state index contributed by atoms with van der Waals surface area (Å²) >= 11 is 10.7. The Balaban J connectivity index is -0.00000119. The third-order valence-electron chi connectivity index (χ3n) is 14.3. The molecule has 0 radical (unpaired) electrons. The van der Waals surface area contributed by atoms with Crippen molar-refractivity contribution in [2.24, 2.45) is 11.8 Å². The van der Waals surface area contributed by atoms with Crippen LogP contribution in [0.3, 0.4) is 0 Å².